The highest BCUT2D eigenvalue weighted by molar-refractivity contribution is 4.99. The zero-order chi connectivity index (χ0) is 9.80. The lowest BCUT2D eigenvalue weighted by atomic mass is 10.2. The molecule has 0 unspecified atom stereocenters. The lowest BCUT2D eigenvalue weighted by Crippen LogP contribution is -2.44. The van der Waals surface area contributed by atoms with Crippen LogP contribution in [0.2, 0.25) is 0 Å². The highest BCUT2D eigenvalue weighted by Gasteiger charge is 2.09. The van der Waals surface area contributed by atoms with E-state index in [1.54, 1.807) is 0 Å². The van der Waals surface area contributed by atoms with Crippen LogP contribution in [0.5, 0.6) is 0 Å². The van der Waals surface area contributed by atoms with E-state index in [0.717, 1.165) is 26.1 Å². The minimum Gasteiger partial charge on any atom is -0.314 e. The predicted octanol–water partition coefficient (Wildman–Crippen LogP) is -0.132. The van der Waals surface area contributed by atoms with Crippen molar-refractivity contribution >= 4 is 0 Å². The molecule has 0 atom stereocenters. The topological polar surface area (TPSA) is 33.1 Å². The summed E-state index contributed by atoms with van der Waals surface area (Å²) in [5.41, 5.74) is 1.20. The Morgan fingerprint density at radius 1 is 1.43 bits per heavy atom. The molecule has 1 fully saturated rings. The van der Waals surface area contributed by atoms with Gasteiger partial charge < -0.3 is 10.2 Å². The van der Waals surface area contributed by atoms with E-state index in [-0.39, 0.29) is 0 Å². The van der Waals surface area contributed by atoms with Gasteiger partial charge in [-0.3, -0.25) is 4.68 Å². The molecule has 0 spiro atoms. The van der Waals surface area contributed by atoms with E-state index in [2.05, 4.69) is 21.4 Å². The van der Waals surface area contributed by atoms with Gasteiger partial charge in [0.2, 0.25) is 0 Å². The Balaban J connectivity index is 1.76. The third-order valence-electron chi connectivity index (χ3n) is 2.66. The van der Waals surface area contributed by atoms with Crippen molar-refractivity contribution < 1.29 is 0 Å². The minimum atomic E-state index is 1.07. The molecule has 1 aliphatic heterocycles. The van der Waals surface area contributed by atoms with Crippen molar-refractivity contribution in [2.24, 2.45) is 7.05 Å². The van der Waals surface area contributed by atoms with Gasteiger partial charge in [-0.1, -0.05) is 0 Å². The summed E-state index contributed by atoms with van der Waals surface area (Å²) in [7, 11) is 1.97. The van der Waals surface area contributed by atoms with Crippen LogP contribution in [0, 0.1) is 0 Å². The second kappa shape index (κ2) is 4.57. The molecule has 1 saturated heterocycles. The zero-order valence-electron chi connectivity index (χ0n) is 8.74. The molecule has 0 bridgehead atoms. The molecule has 0 aromatic carbocycles. The number of hydrogen-bond donors (Lipinski definition) is 1. The van der Waals surface area contributed by atoms with Gasteiger partial charge in [0, 0.05) is 52.4 Å². The van der Waals surface area contributed by atoms with Crippen LogP contribution in [-0.2, 0) is 13.5 Å². The Morgan fingerprint density at radius 2 is 2.21 bits per heavy atom. The first-order chi connectivity index (χ1) is 6.84. The van der Waals surface area contributed by atoms with Crippen LogP contribution < -0.4 is 5.32 Å². The van der Waals surface area contributed by atoms with Crippen molar-refractivity contribution in [3.8, 4) is 0 Å². The average molecular weight is 194 g/mol. The number of rotatable bonds is 3. The molecule has 78 valence electrons. The van der Waals surface area contributed by atoms with Crippen LogP contribution in [0.15, 0.2) is 12.3 Å². The summed E-state index contributed by atoms with van der Waals surface area (Å²) in [5.74, 6) is 0. The molecule has 0 amide bonds. The van der Waals surface area contributed by atoms with Crippen molar-refractivity contribution in [3.05, 3.63) is 18.0 Å². The van der Waals surface area contributed by atoms with Crippen LogP contribution in [-0.4, -0.2) is 47.4 Å². The summed E-state index contributed by atoms with van der Waals surface area (Å²) in [6, 6.07) is 2.10. The SMILES string of the molecule is Cn1ccc(CCN2CCNCC2)n1. The number of nitrogens with one attached hydrogen (secondary N) is 1. The van der Waals surface area contributed by atoms with E-state index in [1.807, 2.05) is 17.9 Å². The van der Waals surface area contributed by atoms with Crippen molar-refractivity contribution in [2.75, 3.05) is 32.7 Å². The van der Waals surface area contributed by atoms with Gasteiger partial charge in [-0.2, -0.15) is 5.10 Å². The first kappa shape index (κ1) is 9.68. The van der Waals surface area contributed by atoms with E-state index >= 15 is 0 Å². The van der Waals surface area contributed by atoms with E-state index in [4.69, 9.17) is 0 Å². The van der Waals surface area contributed by atoms with E-state index in [0.29, 0.717) is 0 Å². The van der Waals surface area contributed by atoms with Crippen molar-refractivity contribution in [1.82, 2.24) is 20.0 Å². The first-order valence-electron chi connectivity index (χ1n) is 5.26. The van der Waals surface area contributed by atoms with E-state index in [9.17, 15) is 0 Å². The maximum atomic E-state index is 4.37. The lowest BCUT2D eigenvalue weighted by molar-refractivity contribution is 0.243. The number of aryl methyl sites for hydroxylation is 1. The summed E-state index contributed by atoms with van der Waals surface area (Å²) in [6.07, 6.45) is 3.08. The molecule has 0 aliphatic carbocycles. The third-order valence-corrected chi connectivity index (χ3v) is 2.66. The fraction of sp³-hybridized carbons (Fsp3) is 0.700. The van der Waals surface area contributed by atoms with Crippen molar-refractivity contribution in [1.29, 1.82) is 0 Å². The molecule has 4 nitrogen and oxygen atoms in total. The number of hydrogen-bond acceptors (Lipinski definition) is 3. The number of aromatic nitrogens is 2. The fourth-order valence-corrected chi connectivity index (χ4v) is 1.80. The van der Waals surface area contributed by atoms with Crippen LogP contribution >= 0.6 is 0 Å². The Hall–Kier alpha value is -0.870. The quantitative estimate of drug-likeness (QED) is 0.727. The molecule has 1 aromatic heterocycles. The van der Waals surface area contributed by atoms with Crippen LogP contribution in [0.4, 0.5) is 0 Å². The third kappa shape index (κ3) is 2.56. The molecule has 0 radical (unpaired) electrons. The summed E-state index contributed by atoms with van der Waals surface area (Å²) < 4.78 is 1.87. The molecule has 1 aromatic rings. The summed E-state index contributed by atoms with van der Waals surface area (Å²) in [4.78, 5) is 2.49. The molecule has 0 saturated carbocycles. The lowest BCUT2D eigenvalue weighted by Gasteiger charge is -2.26. The Labute approximate surface area is 84.9 Å². The molecule has 4 heteroatoms. The van der Waals surface area contributed by atoms with Gasteiger partial charge in [0.05, 0.1) is 5.69 Å². The molecule has 1 N–H and O–H groups in total. The second-order valence-electron chi connectivity index (χ2n) is 3.82. The summed E-state index contributed by atoms with van der Waals surface area (Å²) >= 11 is 0. The maximum Gasteiger partial charge on any atom is 0.0637 e. The Morgan fingerprint density at radius 3 is 2.86 bits per heavy atom. The number of nitrogens with zero attached hydrogens (tertiary/aromatic N) is 3. The first-order valence-corrected chi connectivity index (χ1v) is 5.26. The predicted molar refractivity (Wildman–Crippen MR) is 56.2 cm³/mol. The van der Waals surface area contributed by atoms with Crippen molar-refractivity contribution in [2.45, 2.75) is 6.42 Å². The highest BCUT2D eigenvalue weighted by Crippen LogP contribution is 1.99. The molecule has 2 rings (SSSR count). The van der Waals surface area contributed by atoms with Gasteiger partial charge in [0.15, 0.2) is 0 Å². The number of piperazine rings is 1. The van der Waals surface area contributed by atoms with Gasteiger partial charge in [-0.15, -0.1) is 0 Å². The monoisotopic (exact) mass is 194 g/mol. The van der Waals surface area contributed by atoms with Crippen LogP contribution in [0.25, 0.3) is 0 Å². The smallest absolute Gasteiger partial charge is 0.0637 e. The molecular formula is C10H18N4. The molecule has 2 heterocycles. The van der Waals surface area contributed by atoms with Crippen LogP contribution in [0.3, 0.4) is 0 Å². The van der Waals surface area contributed by atoms with Crippen molar-refractivity contribution in [3.63, 3.8) is 0 Å². The van der Waals surface area contributed by atoms with E-state index < -0.39 is 0 Å². The van der Waals surface area contributed by atoms with E-state index in [1.165, 1.54) is 18.8 Å². The van der Waals surface area contributed by atoms with Gasteiger partial charge in [-0.05, 0) is 6.07 Å². The fourth-order valence-electron chi connectivity index (χ4n) is 1.80. The normalized spacial score (nSPS) is 18.6. The zero-order valence-corrected chi connectivity index (χ0v) is 8.74. The Bertz CT molecular complexity index is 275. The standard InChI is InChI=1S/C10H18N4/c1-13-6-2-10(12-13)3-7-14-8-4-11-5-9-14/h2,6,11H,3-5,7-9H2,1H3. The molecular weight excluding hydrogens is 176 g/mol. The molecule has 14 heavy (non-hydrogen) atoms. The van der Waals surface area contributed by atoms with Gasteiger partial charge in [0.1, 0.15) is 0 Å². The van der Waals surface area contributed by atoms with Gasteiger partial charge in [-0.25, -0.2) is 0 Å². The second-order valence-corrected chi connectivity index (χ2v) is 3.82. The summed E-state index contributed by atoms with van der Waals surface area (Å²) in [5, 5.41) is 7.73. The van der Waals surface area contributed by atoms with Crippen LogP contribution in [0.1, 0.15) is 5.69 Å². The van der Waals surface area contributed by atoms with Gasteiger partial charge >= 0.3 is 0 Å². The Kier molecular flexibility index (Phi) is 3.16. The largest absolute Gasteiger partial charge is 0.314 e. The minimum absolute atomic E-state index is 1.07. The average Bonchev–Trinajstić information content (AvgIpc) is 2.63. The molecule has 1 aliphatic rings. The maximum absolute atomic E-state index is 4.37. The summed E-state index contributed by atoms with van der Waals surface area (Å²) in [6.45, 7) is 5.74. The highest BCUT2D eigenvalue weighted by atomic mass is 15.3. The van der Waals surface area contributed by atoms with Gasteiger partial charge in [0.25, 0.3) is 0 Å².